The maximum atomic E-state index is 12.2. The highest BCUT2D eigenvalue weighted by Crippen LogP contribution is 2.31. The topological polar surface area (TPSA) is 69.6 Å². The summed E-state index contributed by atoms with van der Waals surface area (Å²) in [6.07, 6.45) is 0.743. The number of carbonyl (C=O) groups excluding carboxylic acids is 1. The molecule has 2 rings (SSSR count). The molecule has 1 heterocycles. The highest BCUT2D eigenvalue weighted by Gasteiger charge is 2.40. The number of carboxylic acid groups (broad SMARTS) is 1. The minimum absolute atomic E-state index is 0.0631. The number of thioether (sulfide) groups is 1. The molecule has 2 unspecified atom stereocenters. The largest absolute Gasteiger partial charge is 0.480 e. The van der Waals surface area contributed by atoms with Crippen molar-refractivity contribution in [3.63, 3.8) is 0 Å². The van der Waals surface area contributed by atoms with Crippen LogP contribution in [0.2, 0.25) is 0 Å². The summed E-state index contributed by atoms with van der Waals surface area (Å²) in [6, 6.07) is 8.52. The molecule has 1 aliphatic heterocycles. The quantitative estimate of drug-likeness (QED) is 0.892. The van der Waals surface area contributed by atoms with Crippen molar-refractivity contribution < 1.29 is 14.7 Å². The summed E-state index contributed by atoms with van der Waals surface area (Å²) in [6.45, 7) is 2.36. The fourth-order valence-electron chi connectivity index (χ4n) is 2.21. The third-order valence-electron chi connectivity index (χ3n) is 3.25. The molecule has 20 heavy (non-hydrogen) atoms. The third kappa shape index (κ3) is 3.25. The van der Waals surface area contributed by atoms with Crippen LogP contribution < -0.4 is 5.32 Å². The second-order valence-corrected chi connectivity index (χ2v) is 5.81. The zero-order valence-corrected chi connectivity index (χ0v) is 12.1. The van der Waals surface area contributed by atoms with Gasteiger partial charge in [0, 0.05) is 12.3 Å². The molecule has 0 radical (unpaired) electrons. The molecule has 1 aliphatic rings. The second kappa shape index (κ2) is 6.65. The number of nitrogens with one attached hydrogen (secondary N) is 1. The maximum absolute atomic E-state index is 12.2. The molecule has 0 aliphatic carbocycles. The van der Waals surface area contributed by atoms with Crippen LogP contribution >= 0.6 is 11.8 Å². The van der Waals surface area contributed by atoms with Gasteiger partial charge in [-0.2, -0.15) is 0 Å². The number of carboxylic acids is 1. The molecule has 2 amide bonds. The number of nitrogens with zero attached hydrogens (tertiary/aromatic N) is 1. The van der Waals surface area contributed by atoms with Crippen molar-refractivity contribution in [1.29, 1.82) is 0 Å². The molecule has 0 bridgehead atoms. The lowest BCUT2D eigenvalue weighted by Crippen LogP contribution is -2.49. The van der Waals surface area contributed by atoms with Crippen LogP contribution in [-0.4, -0.2) is 39.2 Å². The minimum atomic E-state index is -0.941. The zero-order valence-electron chi connectivity index (χ0n) is 11.3. The standard InChI is InChI=1S/C14H18N2O3S/c1-2-12-16(11(9-20-12)13(17)18)14(19)15-8-10-6-4-3-5-7-10/h3-7,11-12H,2,8-9H2,1H3,(H,15,19)(H,17,18). The number of benzene rings is 1. The monoisotopic (exact) mass is 294 g/mol. The van der Waals surface area contributed by atoms with Gasteiger partial charge in [0.2, 0.25) is 0 Å². The Morgan fingerprint density at radius 3 is 2.70 bits per heavy atom. The van der Waals surface area contributed by atoms with Gasteiger partial charge in [-0.3, -0.25) is 4.90 Å². The van der Waals surface area contributed by atoms with Crippen LogP contribution in [0.15, 0.2) is 30.3 Å². The number of hydrogen-bond acceptors (Lipinski definition) is 3. The fourth-order valence-corrected chi connectivity index (χ4v) is 3.55. The summed E-state index contributed by atoms with van der Waals surface area (Å²) in [5.41, 5.74) is 0.993. The van der Waals surface area contributed by atoms with Gasteiger partial charge in [0.15, 0.2) is 0 Å². The van der Waals surface area contributed by atoms with Crippen LogP contribution in [0, 0.1) is 0 Å². The number of hydrogen-bond donors (Lipinski definition) is 2. The molecule has 2 N–H and O–H groups in total. The van der Waals surface area contributed by atoms with Crippen molar-refractivity contribution >= 4 is 23.8 Å². The van der Waals surface area contributed by atoms with Crippen molar-refractivity contribution in [3.05, 3.63) is 35.9 Å². The number of amides is 2. The predicted molar refractivity (Wildman–Crippen MR) is 78.5 cm³/mol. The highest BCUT2D eigenvalue weighted by molar-refractivity contribution is 8.00. The zero-order chi connectivity index (χ0) is 14.5. The maximum Gasteiger partial charge on any atom is 0.327 e. The van der Waals surface area contributed by atoms with Crippen LogP contribution in [0.25, 0.3) is 0 Å². The van der Waals surface area contributed by atoms with E-state index < -0.39 is 12.0 Å². The molecule has 108 valence electrons. The van der Waals surface area contributed by atoms with Gasteiger partial charge in [-0.1, -0.05) is 37.3 Å². The molecule has 6 heteroatoms. The molecule has 1 fully saturated rings. The average Bonchev–Trinajstić information content (AvgIpc) is 2.90. The first-order valence-corrected chi connectivity index (χ1v) is 7.63. The van der Waals surface area contributed by atoms with E-state index in [1.807, 2.05) is 37.3 Å². The summed E-state index contributed by atoms with van der Waals surface area (Å²) in [4.78, 5) is 24.9. The molecule has 0 spiro atoms. The van der Waals surface area contributed by atoms with E-state index in [1.165, 1.54) is 16.7 Å². The van der Waals surface area contributed by atoms with E-state index in [0.29, 0.717) is 12.3 Å². The van der Waals surface area contributed by atoms with Crippen LogP contribution in [0.4, 0.5) is 4.79 Å². The van der Waals surface area contributed by atoms with Crippen molar-refractivity contribution in [2.45, 2.75) is 31.3 Å². The average molecular weight is 294 g/mol. The Labute approximate surface area is 122 Å². The Morgan fingerprint density at radius 1 is 1.40 bits per heavy atom. The van der Waals surface area contributed by atoms with Crippen molar-refractivity contribution in [2.24, 2.45) is 0 Å². The second-order valence-electron chi connectivity index (χ2n) is 4.60. The van der Waals surface area contributed by atoms with E-state index in [9.17, 15) is 14.7 Å². The van der Waals surface area contributed by atoms with Gasteiger partial charge in [-0.15, -0.1) is 11.8 Å². The molecule has 0 aromatic heterocycles. The first kappa shape index (κ1) is 14.7. The van der Waals surface area contributed by atoms with Gasteiger partial charge in [-0.05, 0) is 12.0 Å². The number of carbonyl (C=O) groups is 2. The summed E-state index contributed by atoms with van der Waals surface area (Å²) in [5, 5.41) is 11.9. The molecule has 0 saturated carbocycles. The Morgan fingerprint density at radius 2 is 2.10 bits per heavy atom. The van der Waals surface area contributed by atoms with Gasteiger partial charge in [0.05, 0.1) is 5.37 Å². The van der Waals surface area contributed by atoms with E-state index in [4.69, 9.17) is 0 Å². The van der Waals surface area contributed by atoms with Crippen LogP contribution in [0.1, 0.15) is 18.9 Å². The van der Waals surface area contributed by atoms with Crippen molar-refractivity contribution in [1.82, 2.24) is 10.2 Å². The van der Waals surface area contributed by atoms with Gasteiger partial charge in [0.25, 0.3) is 0 Å². The lowest BCUT2D eigenvalue weighted by molar-refractivity contribution is -0.141. The van der Waals surface area contributed by atoms with Gasteiger partial charge < -0.3 is 10.4 Å². The Hall–Kier alpha value is -1.69. The molecular weight excluding hydrogens is 276 g/mol. The van der Waals surface area contributed by atoms with E-state index in [2.05, 4.69) is 5.32 Å². The van der Waals surface area contributed by atoms with E-state index >= 15 is 0 Å². The smallest absolute Gasteiger partial charge is 0.327 e. The van der Waals surface area contributed by atoms with Gasteiger partial charge in [-0.25, -0.2) is 9.59 Å². The van der Waals surface area contributed by atoms with E-state index in [0.717, 1.165) is 12.0 Å². The highest BCUT2D eigenvalue weighted by atomic mass is 32.2. The Bertz CT molecular complexity index is 481. The Balaban J connectivity index is 2.00. The third-order valence-corrected chi connectivity index (χ3v) is 4.70. The lowest BCUT2D eigenvalue weighted by atomic mass is 10.2. The van der Waals surface area contributed by atoms with Crippen molar-refractivity contribution in [3.8, 4) is 0 Å². The first-order valence-electron chi connectivity index (χ1n) is 6.58. The normalized spacial score (nSPS) is 21.8. The molecular formula is C14H18N2O3S. The molecule has 1 aromatic rings. The van der Waals surface area contributed by atoms with Crippen LogP contribution in [0.3, 0.4) is 0 Å². The van der Waals surface area contributed by atoms with E-state index in [1.54, 1.807) is 0 Å². The summed E-state index contributed by atoms with van der Waals surface area (Å²) in [5.74, 6) is -0.490. The van der Waals surface area contributed by atoms with E-state index in [-0.39, 0.29) is 11.4 Å². The SMILES string of the molecule is CCC1SCC(C(=O)O)N1C(=O)NCc1ccccc1. The number of rotatable bonds is 4. The summed E-state index contributed by atoms with van der Waals surface area (Å²) >= 11 is 1.52. The molecule has 1 saturated heterocycles. The summed E-state index contributed by atoms with van der Waals surface area (Å²) < 4.78 is 0. The number of urea groups is 1. The van der Waals surface area contributed by atoms with Crippen LogP contribution in [0.5, 0.6) is 0 Å². The molecule has 1 aromatic carbocycles. The van der Waals surface area contributed by atoms with Crippen molar-refractivity contribution in [2.75, 3.05) is 5.75 Å². The fraction of sp³-hybridized carbons (Fsp3) is 0.429. The summed E-state index contributed by atoms with van der Waals surface area (Å²) in [7, 11) is 0. The number of aliphatic carboxylic acids is 1. The Kier molecular flexibility index (Phi) is 4.89. The molecule has 5 nitrogen and oxygen atoms in total. The first-order chi connectivity index (χ1) is 9.63. The van der Waals surface area contributed by atoms with Gasteiger partial charge >= 0.3 is 12.0 Å². The minimum Gasteiger partial charge on any atom is -0.480 e. The molecule has 2 atom stereocenters. The predicted octanol–water partition coefficient (Wildman–Crippen LogP) is 2.13. The lowest BCUT2D eigenvalue weighted by Gasteiger charge is -2.26. The van der Waals surface area contributed by atoms with Gasteiger partial charge in [0.1, 0.15) is 6.04 Å². The van der Waals surface area contributed by atoms with Crippen LogP contribution in [-0.2, 0) is 11.3 Å².